The minimum absolute atomic E-state index is 0.0474. The molecule has 1 amide bonds. The third-order valence-electron chi connectivity index (χ3n) is 4.09. The average molecular weight is 303 g/mol. The van der Waals surface area contributed by atoms with Gasteiger partial charge in [0.1, 0.15) is 6.04 Å². The number of rotatable bonds is 5. The van der Waals surface area contributed by atoms with Crippen molar-refractivity contribution in [2.45, 2.75) is 53.8 Å². The van der Waals surface area contributed by atoms with E-state index in [2.05, 4.69) is 24.0 Å². The maximum Gasteiger partial charge on any atom is 0.247 e. The number of hydrogen-bond donors (Lipinski definition) is 0. The molecule has 0 spiro atoms. The van der Waals surface area contributed by atoms with Crippen molar-refractivity contribution >= 4 is 5.91 Å². The molecule has 22 heavy (non-hydrogen) atoms. The van der Waals surface area contributed by atoms with Gasteiger partial charge < -0.3 is 4.90 Å². The maximum absolute atomic E-state index is 12.6. The topological polar surface area (TPSA) is 56.0 Å². The normalized spacial score (nSPS) is 12.5. The van der Waals surface area contributed by atoms with Gasteiger partial charge in [0.15, 0.2) is 0 Å². The SMILES string of the molecule is CCn1nc(C)c(CN(C)C(=O)C(C)n2cc(C)cn2)c1C. The summed E-state index contributed by atoms with van der Waals surface area (Å²) in [6.45, 7) is 11.4. The molecule has 0 bridgehead atoms. The quantitative estimate of drug-likeness (QED) is 0.851. The predicted octanol–water partition coefficient (Wildman–Crippen LogP) is 2.24. The Labute approximate surface area is 131 Å². The summed E-state index contributed by atoms with van der Waals surface area (Å²) in [4.78, 5) is 14.3. The van der Waals surface area contributed by atoms with Crippen LogP contribution in [0.5, 0.6) is 0 Å². The Hall–Kier alpha value is -2.11. The van der Waals surface area contributed by atoms with Crippen molar-refractivity contribution in [1.82, 2.24) is 24.5 Å². The Balaban J connectivity index is 2.13. The number of likely N-dealkylation sites (N-methyl/N-ethyl adjacent to an activating group) is 1. The molecular weight excluding hydrogens is 278 g/mol. The number of amides is 1. The fourth-order valence-electron chi connectivity index (χ4n) is 2.66. The van der Waals surface area contributed by atoms with Gasteiger partial charge in [0, 0.05) is 37.6 Å². The summed E-state index contributed by atoms with van der Waals surface area (Å²) < 4.78 is 3.69. The van der Waals surface area contributed by atoms with Crippen LogP contribution < -0.4 is 0 Å². The zero-order valence-corrected chi connectivity index (χ0v) is 14.3. The highest BCUT2D eigenvalue weighted by molar-refractivity contribution is 5.79. The summed E-state index contributed by atoms with van der Waals surface area (Å²) in [6.07, 6.45) is 3.66. The molecule has 0 fully saturated rings. The van der Waals surface area contributed by atoms with Crippen LogP contribution in [0.1, 0.15) is 42.4 Å². The smallest absolute Gasteiger partial charge is 0.247 e. The van der Waals surface area contributed by atoms with E-state index in [1.807, 2.05) is 38.7 Å². The lowest BCUT2D eigenvalue weighted by Gasteiger charge is -2.22. The number of aromatic nitrogens is 4. The first-order valence-electron chi connectivity index (χ1n) is 7.63. The zero-order chi connectivity index (χ0) is 16.4. The molecule has 2 aromatic rings. The molecule has 0 aromatic carbocycles. The van der Waals surface area contributed by atoms with Gasteiger partial charge in [0.05, 0.1) is 11.9 Å². The van der Waals surface area contributed by atoms with Crippen molar-refractivity contribution in [1.29, 1.82) is 0 Å². The molecule has 2 rings (SSSR count). The van der Waals surface area contributed by atoms with E-state index in [-0.39, 0.29) is 11.9 Å². The van der Waals surface area contributed by atoms with Crippen LogP contribution in [0.25, 0.3) is 0 Å². The molecule has 2 aromatic heterocycles. The number of nitrogens with zero attached hydrogens (tertiary/aromatic N) is 5. The average Bonchev–Trinajstić information content (AvgIpc) is 3.03. The lowest BCUT2D eigenvalue weighted by atomic mass is 10.1. The van der Waals surface area contributed by atoms with Gasteiger partial charge in [-0.15, -0.1) is 0 Å². The number of carbonyl (C=O) groups is 1. The van der Waals surface area contributed by atoms with E-state index in [9.17, 15) is 4.79 Å². The van der Waals surface area contributed by atoms with Crippen LogP contribution in [0, 0.1) is 20.8 Å². The lowest BCUT2D eigenvalue weighted by molar-refractivity contribution is -0.133. The summed E-state index contributed by atoms with van der Waals surface area (Å²) in [5, 5.41) is 8.74. The molecule has 0 saturated heterocycles. The van der Waals surface area contributed by atoms with Crippen LogP contribution in [-0.4, -0.2) is 37.4 Å². The molecule has 1 unspecified atom stereocenters. The summed E-state index contributed by atoms with van der Waals surface area (Å²) in [7, 11) is 1.83. The van der Waals surface area contributed by atoms with Crippen molar-refractivity contribution in [2.24, 2.45) is 0 Å². The van der Waals surface area contributed by atoms with Crippen LogP contribution in [0.4, 0.5) is 0 Å². The van der Waals surface area contributed by atoms with Gasteiger partial charge >= 0.3 is 0 Å². The van der Waals surface area contributed by atoms with Crippen molar-refractivity contribution in [2.75, 3.05) is 7.05 Å². The Kier molecular flexibility index (Phi) is 4.68. The van der Waals surface area contributed by atoms with E-state index in [1.165, 1.54) is 0 Å². The van der Waals surface area contributed by atoms with Gasteiger partial charge in [-0.25, -0.2) is 0 Å². The highest BCUT2D eigenvalue weighted by Gasteiger charge is 2.22. The fraction of sp³-hybridized carbons (Fsp3) is 0.562. The maximum atomic E-state index is 12.6. The molecule has 6 heteroatoms. The lowest BCUT2D eigenvalue weighted by Crippen LogP contribution is -2.33. The summed E-state index contributed by atoms with van der Waals surface area (Å²) >= 11 is 0. The van der Waals surface area contributed by atoms with E-state index in [1.54, 1.807) is 15.8 Å². The second kappa shape index (κ2) is 6.34. The summed E-state index contributed by atoms with van der Waals surface area (Å²) in [5.74, 6) is 0.0474. The molecule has 120 valence electrons. The minimum Gasteiger partial charge on any atom is -0.339 e. The van der Waals surface area contributed by atoms with Crippen molar-refractivity contribution in [3.8, 4) is 0 Å². The first-order valence-corrected chi connectivity index (χ1v) is 7.63. The van der Waals surface area contributed by atoms with Gasteiger partial charge in [-0.3, -0.25) is 14.2 Å². The van der Waals surface area contributed by atoms with Crippen LogP contribution in [0.2, 0.25) is 0 Å². The van der Waals surface area contributed by atoms with Gasteiger partial charge in [-0.2, -0.15) is 10.2 Å². The number of aryl methyl sites for hydroxylation is 3. The van der Waals surface area contributed by atoms with E-state index >= 15 is 0 Å². The third kappa shape index (κ3) is 3.05. The van der Waals surface area contributed by atoms with E-state index in [4.69, 9.17) is 0 Å². The molecule has 0 N–H and O–H groups in total. The molecule has 2 heterocycles. The highest BCUT2D eigenvalue weighted by atomic mass is 16.2. The molecule has 0 aliphatic rings. The minimum atomic E-state index is -0.305. The van der Waals surface area contributed by atoms with E-state index in [0.29, 0.717) is 6.54 Å². The Morgan fingerprint density at radius 2 is 2.05 bits per heavy atom. The first kappa shape index (κ1) is 16.3. The van der Waals surface area contributed by atoms with Gasteiger partial charge in [-0.1, -0.05) is 0 Å². The van der Waals surface area contributed by atoms with Crippen molar-refractivity contribution in [3.05, 3.63) is 34.9 Å². The van der Waals surface area contributed by atoms with Gasteiger partial charge in [0.25, 0.3) is 0 Å². The highest BCUT2D eigenvalue weighted by Crippen LogP contribution is 2.17. The van der Waals surface area contributed by atoms with Crippen molar-refractivity contribution in [3.63, 3.8) is 0 Å². The van der Waals surface area contributed by atoms with Gasteiger partial charge in [0.2, 0.25) is 5.91 Å². The second-order valence-electron chi connectivity index (χ2n) is 5.83. The van der Waals surface area contributed by atoms with Gasteiger partial charge in [-0.05, 0) is 40.2 Å². The molecule has 1 atom stereocenters. The Morgan fingerprint density at radius 1 is 1.36 bits per heavy atom. The standard InChI is InChI=1S/C16H25N5O/c1-7-20-13(4)15(12(3)18-20)10-19(6)16(22)14(5)21-9-11(2)8-17-21/h8-9,14H,7,10H2,1-6H3. The second-order valence-corrected chi connectivity index (χ2v) is 5.83. The molecule has 0 aliphatic carbocycles. The van der Waals surface area contributed by atoms with Crippen molar-refractivity contribution < 1.29 is 4.79 Å². The first-order chi connectivity index (χ1) is 10.3. The fourth-order valence-corrected chi connectivity index (χ4v) is 2.66. The predicted molar refractivity (Wildman–Crippen MR) is 85.5 cm³/mol. The molecule has 6 nitrogen and oxygen atoms in total. The Morgan fingerprint density at radius 3 is 2.55 bits per heavy atom. The third-order valence-corrected chi connectivity index (χ3v) is 4.09. The zero-order valence-electron chi connectivity index (χ0n) is 14.3. The molecule has 0 saturated carbocycles. The Bertz CT molecular complexity index is 670. The van der Waals surface area contributed by atoms with Crippen LogP contribution in [0.3, 0.4) is 0 Å². The van der Waals surface area contributed by atoms with E-state index in [0.717, 1.165) is 29.1 Å². The van der Waals surface area contributed by atoms with Crippen LogP contribution in [-0.2, 0) is 17.9 Å². The number of carbonyl (C=O) groups excluding carboxylic acids is 1. The largest absolute Gasteiger partial charge is 0.339 e. The van der Waals surface area contributed by atoms with E-state index < -0.39 is 0 Å². The van der Waals surface area contributed by atoms with Crippen LogP contribution >= 0.6 is 0 Å². The monoisotopic (exact) mass is 303 g/mol. The van der Waals surface area contributed by atoms with Crippen LogP contribution in [0.15, 0.2) is 12.4 Å². The molecule has 0 aliphatic heterocycles. The summed E-state index contributed by atoms with van der Waals surface area (Å²) in [5.41, 5.74) is 4.29. The summed E-state index contributed by atoms with van der Waals surface area (Å²) in [6, 6.07) is -0.305. The molecule has 0 radical (unpaired) electrons. The molecular formula is C16H25N5O. The number of hydrogen-bond acceptors (Lipinski definition) is 3.